The molecule has 2 aromatic carbocycles. The Hall–Kier alpha value is -1.86. The van der Waals surface area contributed by atoms with Crippen molar-refractivity contribution in [2.24, 2.45) is 0 Å². The lowest BCUT2D eigenvalue weighted by molar-refractivity contribution is -0.292. The van der Waals surface area contributed by atoms with Gasteiger partial charge in [-0.25, -0.2) is 14.0 Å². The monoisotopic (exact) mass is 485 g/mol. The Kier molecular flexibility index (Phi) is 8.77. The van der Waals surface area contributed by atoms with Crippen LogP contribution >= 0.6 is 0 Å². The SMILES string of the molecule is COOCC1C[C@H](OS(C)(=O)=O)CCN1OS(=O)c1ccc(-c2ccc(OC)cc2)cc1. The van der Waals surface area contributed by atoms with Gasteiger partial charge in [-0.3, -0.25) is 4.18 Å². The van der Waals surface area contributed by atoms with E-state index in [0.29, 0.717) is 24.3 Å². The van der Waals surface area contributed by atoms with Crippen LogP contribution in [0.3, 0.4) is 0 Å². The summed E-state index contributed by atoms with van der Waals surface area (Å²) < 4.78 is 51.7. The number of hydroxylamine groups is 2. The molecule has 0 spiro atoms. The van der Waals surface area contributed by atoms with Gasteiger partial charge in [-0.05, 0) is 48.2 Å². The van der Waals surface area contributed by atoms with Crippen LogP contribution in [0, 0.1) is 0 Å². The van der Waals surface area contributed by atoms with Gasteiger partial charge in [-0.1, -0.05) is 24.3 Å². The highest BCUT2D eigenvalue weighted by Gasteiger charge is 2.33. The third kappa shape index (κ3) is 7.07. The van der Waals surface area contributed by atoms with Crippen molar-refractivity contribution in [3.05, 3.63) is 48.5 Å². The second-order valence-corrected chi connectivity index (χ2v) is 9.95. The van der Waals surface area contributed by atoms with E-state index in [1.54, 1.807) is 19.2 Å². The van der Waals surface area contributed by atoms with Gasteiger partial charge in [0.1, 0.15) is 12.4 Å². The number of nitrogens with zero attached hydrogens (tertiary/aromatic N) is 1. The van der Waals surface area contributed by atoms with Crippen molar-refractivity contribution >= 4 is 21.2 Å². The number of hydrogen-bond acceptors (Lipinski definition) is 9. The minimum atomic E-state index is -3.58. The number of methoxy groups -OCH3 is 1. The molecule has 9 nitrogen and oxygen atoms in total. The molecule has 0 radical (unpaired) electrons. The second-order valence-electron chi connectivity index (χ2n) is 7.25. The Morgan fingerprint density at radius 2 is 1.66 bits per heavy atom. The molecule has 1 saturated heterocycles. The molecule has 2 aromatic rings. The summed E-state index contributed by atoms with van der Waals surface area (Å²) in [6.07, 6.45) is 1.24. The van der Waals surface area contributed by atoms with Crippen molar-refractivity contribution in [3.8, 4) is 16.9 Å². The van der Waals surface area contributed by atoms with E-state index < -0.39 is 33.3 Å². The number of ether oxygens (including phenoxy) is 1. The van der Waals surface area contributed by atoms with Crippen molar-refractivity contribution in [2.75, 3.05) is 33.6 Å². The standard InChI is InChI=1S/C21H27NO8S2/c1-26-19-8-4-16(5-9-19)17-6-10-21(11-7-17)31(23)30-22-13-12-20(29-32(3,24)25)14-18(22)15-28-27-2/h4-11,18,20H,12-15H2,1-3H3/t18?,20-,31?/m1/s1. The van der Waals surface area contributed by atoms with Gasteiger partial charge >= 0.3 is 0 Å². The molecule has 1 aliphatic heterocycles. The third-order valence-corrected chi connectivity index (χ3v) is 6.54. The predicted octanol–water partition coefficient (Wildman–Crippen LogP) is 2.70. The first-order valence-corrected chi connectivity index (χ1v) is 12.8. The zero-order valence-corrected chi connectivity index (χ0v) is 19.8. The van der Waals surface area contributed by atoms with Gasteiger partial charge in [0.2, 0.25) is 11.1 Å². The Balaban J connectivity index is 1.65. The average molecular weight is 486 g/mol. The molecular formula is C21H27NO8S2. The fourth-order valence-electron chi connectivity index (χ4n) is 3.40. The Morgan fingerprint density at radius 1 is 1.03 bits per heavy atom. The number of hydrogen-bond donors (Lipinski definition) is 0. The fraction of sp³-hybridized carbons (Fsp3) is 0.429. The quantitative estimate of drug-likeness (QED) is 0.286. The van der Waals surface area contributed by atoms with E-state index in [2.05, 4.69) is 4.89 Å². The van der Waals surface area contributed by atoms with Crippen molar-refractivity contribution in [1.82, 2.24) is 5.06 Å². The maximum Gasteiger partial charge on any atom is 0.264 e. The predicted molar refractivity (Wildman–Crippen MR) is 118 cm³/mol. The van der Waals surface area contributed by atoms with Crippen LogP contribution in [0.1, 0.15) is 12.8 Å². The normalized spacial score (nSPS) is 20.7. The van der Waals surface area contributed by atoms with Gasteiger partial charge in [0.25, 0.3) is 10.1 Å². The van der Waals surface area contributed by atoms with Crippen LogP contribution in [0.5, 0.6) is 5.75 Å². The van der Waals surface area contributed by atoms with E-state index in [0.717, 1.165) is 23.1 Å². The zero-order chi connectivity index (χ0) is 23.1. The smallest absolute Gasteiger partial charge is 0.264 e. The molecule has 0 bridgehead atoms. The number of rotatable bonds is 10. The van der Waals surface area contributed by atoms with Gasteiger partial charge in [0, 0.05) is 6.54 Å². The summed E-state index contributed by atoms with van der Waals surface area (Å²) in [6.45, 7) is 0.432. The molecular weight excluding hydrogens is 458 g/mol. The summed E-state index contributed by atoms with van der Waals surface area (Å²) >= 11 is -1.76. The molecule has 0 aliphatic carbocycles. The summed E-state index contributed by atoms with van der Waals surface area (Å²) in [6, 6.07) is 14.5. The van der Waals surface area contributed by atoms with Crippen LogP contribution in [-0.4, -0.2) is 63.5 Å². The van der Waals surface area contributed by atoms with Crippen LogP contribution < -0.4 is 4.74 Å². The molecule has 11 heteroatoms. The maximum atomic E-state index is 12.8. The van der Waals surface area contributed by atoms with Crippen molar-refractivity contribution in [3.63, 3.8) is 0 Å². The van der Waals surface area contributed by atoms with Crippen LogP contribution in [0.15, 0.2) is 53.4 Å². The van der Waals surface area contributed by atoms with E-state index >= 15 is 0 Å². The first-order chi connectivity index (χ1) is 15.3. The summed E-state index contributed by atoms with van der Waals surface area (Å²) in [7, 11) is -0.587. The second kappa shape index (κ2) is 11.3. The highest BCUT2D eigenvalue weighted by molar-refractivity contribution is 7.86. The highest BCUT2D eigenvalue weighted by Crippen LogP contribution is 2.26. The van der Waals surface area contributed by atoms with Crippen molar-refractivity contribution in [1.29, 1.82) is 0 Å². The molecule has 1 heterocycles. The lowest BCUT2D eigenvalue weighted by Gasteiger charge is -2.36. The van der Waals surface area contributed by atoms with Crippen molar-refractivity contribution in [2.45, 2.75) is 29.9 Å². The van der Waals surface area contributed by atoms with Crippen LogP contribution in [0.25, 0.3) is 11.1 Å². The van der Waals surface area contributed by atoms with Gasteiger partial charge in [-0.15, -0.1) is 0 Å². The van der Waals surface area contributed by atoms with Crippen LogP contribution in [-0.2, 0) is 39.4 Å². The molecule has 0 aromatic heterocycles. The summed E-state index contributed by atoms with van der Waals surface area (Å²) in [5, 5.41) is 1.54. The van der Waals surface area contributed by atoms with E-state index in [9.17, 15) is 12.6 Å². The van der Waals surface area contributed by atoms with E-state index in [1.165, 1.54) is 12.2 Å². The van der Waals surface area contributed by atoms with Crippen LogP contribution in [0.4, 0.5) is 0 Å². The highest BCUT2D eigenvalue weighted by atomic mass is 32.2. The third-order valence-electron chi connectivity index (χ3n) is 4.94. The van der Waals surface area contributed by atoms with Gasteiger partial charge in [0.05, 0.1) is 37.5 Å². The lowest BCUT2D eigenvalue weighted by atomic mass is 10.0. The lowest BCUT2D eigenvalue weighted by Crippen LogP contribution is -2.47. The molecule has 1 aliphatic rings. The molecule has 176 valence electrons. The molecule has 32 heavy (non-hydrogen) atoms. The molecule has 1 fully saturated rings. The number of benzene rings is 2. The Labute approximate surface area is 190 Å². The number of piperidine rings is 1. The Bertz CT molecular complexity index is 995. The zero-order valence-electron chi connectivity index (χ0n) is 18.1. The average Bonchev–Trinajstić information content (AvgIpc) is 2.78. The first-order valence-electron chi connectivity index (χ1n) is 9.94. The Morgan fingerprint density at radius 3 is 2.22 bits per heavy atom. The summed E-state index contributed by atoms with van der Waals surface area (Å²) in [4.78, 5) is 10.2. The van der Waals surface area contributed by atoms with Crippen molar-refractivity contribution < 1.29 is 35.6 Å². The van der Waals surface area contributed by atoms with E-state index in [1.807, 2.05) is 36.4 Å². The largest absolute Gasteiger partial charge is 0.497 e. The van der Waals surface area contributed by atoms with E-state index in [4.69, 9.17) is 18.1 Å². The molecule has 0 N–H and O–H groups in total. The maximum absolute atomic E-state index is 12.8. The van der Waals surface area contributed by atoms with Gasteiger partial charge < -0.3 is 4.74 Å². The van der Waals surface area contributed by atoms with Gasteiger partial charge in [-0.2, -0.15) is 17.8 Å². The molecule has 0 amide bonds. The molecule has 0 saturated carbocycles. The topological polar surface area (TPSA) is 101 Å². The molecule has 3 atom stereocenters. The fourth-order valence-corrected chi connectivity index (χ4v) is 4.88. The molecule has 2 unspecified atom stereocenters. The summed E-state index contributed by atoms with van der Waals surface area (Å²) in [5.74, 6) is 0.776. The summed E-state index contributed by atoms with van der Waals surface area (Å²) in [5.41, 5.74) is 1.98. The van der Waals surface area contributed by atoms with E-state index in [-0.39, 0.29) is 6.61 Å². The minimum Gasteiger partial charge on any atom is -0.497 e. The minimum absolute atomic E-state index is 0.105. The first kappa shape index (κ1) is 24.8. The van der Waals surface area contributed by atoms with Crippen LogP contribution in [0.2, 0.25) is 0 Å². The van der Waals surface area contributed by atoms with Gasteiger partial charge in [0.15, 0.2) is 0 Å². The molecule has 3 rings (SSSR count).